The van der Waals surface area contributed by atoms with Crippen molar-refractivity contribution in [2.24, 2.45) is 0 Å². The van der Waals surface area contributed by atoms with Crippen molar-refractivity contribution in [1.29, 1.82) is 0 Å². The molecule has 0 saturated heterocycles. The van der Waals surface area contributed by atoms with E-state index >= 15 is 0 Å². The molecule has 0 aliphatic rings. The van der Waals surface area contributed by atoms with Crippen LogP contribution in [-0.2, 0) is 0 Å². The first kappa shape index (κ1) is 22.6. The van der Waals surface area contributed by atoms with E-state index in [1.807, 2.05) is 12.3 Å². The molecule has 202 valence electrons. The summed E-state index contributed by atoms with van der Waals surface area (Å²) in [4.78, 5) is 10.1. The lowest BCUT2D eigenvalue weighted by molar-refractivity contribution is 1.10. The Kier molecular flexibility index (Phi) is 4.04. The molecular weight excluding hydrogens is 536 g/mol. The van der Waals surface area contributed by atoms with Gasteiger partial charge in [-0.3, -0.25) is 9.55 Å². The minimum absolute atomic E-state index is 0.896. The third kappa shape index (κ3) is 2.69. The average Bonchev–Trinajstić information content (AvgIpc) is 3.71. The normalized spacial score (nSPS) is 12.5. The Balaban J connectivity index is 1.42. The van der Waals surface area contributed by atoms with Crippen LogP contribution in [0.3, 0.4) is 0 Å². The van der Waals surface area contributed by atoms with Crippen molar-refractivity contribution >= 4 is 92.5 Å². The van der Waals surface area contributed by atoms with Crippen LogP contribution < -0.4 is 0 Å². The summed E-state index contributed by atoms with van der Waals surface area (Å²) in [6.45, 7) is 0. The van der Waals surface area contributed by atoms with Crippen molar-refractivity contribution in [2.45, 2.75) is 0 Å². The molecule has 5 heterocycles. The van der Waals surface area contributed by atoms with E-state index in [0.29, 0.717) is 0 Å². The van der Waals surface area contributed by atoms with E-state index in [2.05, 4.69) is 130 Å². The summed E-state index contributed by atoms with van der Waals surface area (Å²) in [6, 6.07) is 46.1. The minimum Gasteiger partial charge on any atom is -0.308 e. The van der Waals surface area contributed by atoms with Gasteiger partial charge in [-0.25, -0.2) is 4.98 Å². The molecule has 0 fully saturated rings. The van der Waals surface area contributed by atoms with E-state index in [1.54, 1.807) is 0 Å². The second kappa shape index (κ2) is 7.88. The fraction of sp³-hybridized carbons (Fsp3) is 0. The van der Waals surface area contributed by atoms with E-state index in [-0.39, 0.29) is 0 Å². The van der Waals surface area contributed by atoms with Crippen LogP contribution in [0.2, 0.25) is 0 Å². The third-order valence-electron chi connectivity index (χ3n) is 9.61. The van der Waals surface area contributed by atoms with Gasteiger partial charge in [-0.15, -0.1) is 0 Å². The quantitative estimate of drug-likeness (QED) is 0.188. The standard InChI is InChI=1S/C40H22N4/c1-2-9-26-21-33-30(20-25(26)8-1)36-34(43(33)35-18-17-24-16-15-23-10-7-19-41-38(23)39(24)42-35)22-29-27-11-3-5-13-31(27)44-32-14-6-4-12-28(32)37(36)40(29)44/h1-22H. The maximum absolute atomic E-state index is 5.36. The van der Waals surface area contributed by atoms with Gasteiger partial charge < -0.3 is 4.40 Å². The molecule has 0 radical (unpaired) electrons. The summed E-state index contributed by atoms with van der Waals surface area (Å²) < 4.78 is 4.84. The molecule has 11 rings (SSSR count). The smallest absolute Gasteiger partial charge is 0.138 e. The predicted molar refractivity (Wildman–Crippen MR) is 184 cm³/mol. The second-order valence-corrected chi connectivity index (χ2v) is 11.8. The van der Waals surface area contributed by atoms with Gasteiger partial charge in [0, 0.05) is 49.3 Å². The molecule has 4 nitrogen and oxygen atoms in total. The zero-order chi connectivity index (χ0) is 28.5. The van der Waals surface area contributed by atoms with Gasteiger partial charge in [0.1, 0.15) is 5.82 Å². The monoisotopic (exact) mass is 558 g/mol. The maximum atomic E-state index is 5.36. The molecule has 0 unspecified atom stereocenters. The number of pyridine rings is 2. The van der Waals surface area contributed by atoms with E-state index in [1.165, 1.54) is 59.6 Å². The molecule has 0 aliphatic heterocycles. The third-order valence-corrected chi connectivity index (χ3v) is 9.61. The summed E-state index contributed by atoms with van der Waals surface area (Å²) in [5.74, 6) is 0.896. The molecule has 0 spiro atoms. The lowest BCUT2D eigenvalue weighted by Crippen LogP contribution is -1.98. The van der Waals surface area contributed by atoms with Gasteiger partial charge in [0.25, 0.3) is 0 Å². The number of rotatable bonds is 1. The van der Waals surface area contributed by atoms with Crippen molar-refractivity contribution in [1.82, 2.24) is 18.9 Å². The van der Waals surface area contributed by atoms with Crippen molar-refractivity contribution < 1.29 is 0 Å². The average molecular weight is 559 g/mol. The fourth-order valence-corrected chi connectivity index (χ4v) is 7.78. The van der Waals surface area contributed by atoms with Gasteiger partial charge in [-0.2, -0.15) is 0 Å². The Morgan fingerprint density at radius 3 is 1.98 bits per heavy atom. The fourth-order valence-electron chi connectivity index (χ4n) is 7.78. The molecule has 5 aromatic heterocycles. The highest BCUT2D eigenvalue weighted by atomic mass is 15.1. The van der Waals surface area contributed by atoms with Crippen molar-refractivity contribution in [3.8, 4) is 5.82 Å². The molecule has 0 N–H and O–H groups in total. The summed E-state index contributed by atoms with van der Waals surface area (Å²) >= 11 is 0. The summed E-state index contributed by atoms with van der Waals surface area (Å²) in [5, 5.41) is 12.3. The maximum Gasteiger partial charge on any atom is 0.138 e. The summed E-state index contributed by atoms with van der Waals surface area (Å²) in [5.41, 5.74) is 7.93. The lowest BCUT2D eigenvalue weighted by atomic mass is 10.0. The minimum atomic E-state index is 0.896. The van der Waals surface area contributed by atoms with Crippen LogP contribution in [0.4, 0.5) is 0 Å². The van der Waals surface area contributed by atoms with Crippen LogP contribution in [0.25, 0.3) is 98.3 Å². The van der Waals surface area contributed by atoms with E-state index < -0.39 is 0 Å². The van der Waals surface area contributed by atoms with Crippen LogP contribution in [-0.4, -0.2) is 18.9 Å². The first-order valence-corrected chi connectivity index (χ1v) is 15.0. The predicted octanol–water partition coefficient (Wildman–Crippen LogP) is 10.2. The van der Waals surface area contributed by atoms with Gasteiger partial charge >= 0.3 is 0 Å². The highest BCUT2D eigenvalue weighted by Crippen LogP contribution is 2.47. The first-order chi connectivity index (χ1) is 21.8. The Morgan fingerprint density at radius 2 is 1.11 bits per heavy atom. The van der Waals surface area contributed by atoms with Gasteiger partial charge in [0.05, 0.1) is 38.6 Å². The largest absolute Gasteiger partial charge is 0.308 e. The van der Waals surface area contributed by atoms with E-state index in [0.717, 1.165) is 38.7 Å². The lowest BCUT2D eigenvalue weighted by Gasteiger charge is -2.10. The zero-order valence-corrected chi connectivity index (χ0v) is 23.5. The number of nitrogens with zero attached hydrogens (tertiary/aromatic N) is 4. The molecule has 0 atom stereocenters. The molecule has 0 saturated carbocycles. The Hall–Kier alpha value is -6.00. The Morgan fingerprint density at radius 1 is 0.432 bits per heavy atom. The van der Waals surface area contributed by atoms with Crippen LogP contribution in [0.5, 0.6) is 0 Å². The summed E-state index contributed by atoms with van der Waals surface area (Å²) in [6.07, 6.45) is 1.86. The van der Waals surface area contributed by atoms with E-state index in [9.17, 15) is 0 Å². The SMILES string of the molecule is c1ccc2cc3c(cc2c1)c1c2c4ccccc4n4c5ccccc5c(cc1n3-c1ccc3ccc5cccnc5c3n1)c24. The number of benzene rings is 6. The number of hydrogen-bond donors (Lipinski definition) is 0. The van der Waals surface area contributed by atoms with Crippen molar-refractivity contribution in [3.05, 3.63) is 134 Å². The zero-order valence-electron chi connectivity index (χ0n) is 23.5. The molecule has 11 aromatic rings. The second-order valence-electron chi connectivity index (χ2n) is 11.8. The highest BCUT2D eigenvalue weighted by Gasteiger charge is 2.24. The van der Waals surface area contributed by atoms with Crippen molar-refractivity contribution in [3.63, 3.8) is 0 Å². The van der Waals surface area contributed by atoms with Gasteiger partial charge in [0.15, 0.2) is 0 Å². The van der Waals surface area contributed by atoms with Crippen LogP contribution in [0, 0.1) is 0 Å². The molecular formula is C40H22N4. The Labute approximate surface area is 250 Å². The van der Waals surface area contributed by atoms with Crippen LogP contribution in [0.1, 0.15) is 0 Å². The van der Waals surface area contributed by atoms with Crippen LogP contribution >= 0.6 is 0 Å². The van der Waals surface area contributed by atoms with Crippen LogP contribution in [0.15, 0.2) is 134 Å². The topological polar surface area (TPSA) is 35.1 Å². The van der Waals surface area contributed by atoms with Gasteiger partial charge in [-0.05, 0) is 59.3 Å². The van der Waals surface area contributed by atoms with Gasteiger partial charge in [-0.1, -0.05) is 78.9 Å². The molecule has 0 amide bonds. The number of hydrogen-bond acceptors (Lipinski definition) is 2. The number of fused-ring (bicyclic) bond motifs is 14. The van der Waals surface area contributed by atoms with E-state index in [4.69, 9.17) is 9.97 Å². The molecule has 44 heavy (non-hydrogen) atoms. The number of aromatic nitrogens is 4. The molecule has 0 bridgehead atoms. The van der Waals surface area contributed by atoms with Crippen molar-refractivity contribution in [2.75, 3.05) is 0 Å². The first-order valence-electron chi connectivity index (χ1n) is 15.0. The Bertz CT molecular complexity index is 3000. The molecule has 6 aromatic carbocycles. The molecule has 0 aliphatic carbocycles. The number of para-hydroxylation sites is 2. The summed E-state index contributed by atoms with van der Waals surface area (Å²) in [7, 11) is 0. The molecule has 4 heteroatoms. The van der Waals surface area contributed by atoms with Gasteiger partial charge in [0.2, 0.25) is 0 Å². The highest BCUT2D eigenvalue weighted by molar-refractivity contribution is 6.36.